The Kier molecular flexibility index (Phi) is 4.91. The second-order valence-corrected chi connectivity index (χ2v) is 7.55. The van der Waals surface area contributed by atoms with E-state index in [9.17, 15) is 4.79 Å². The molecule has 138 valence electrons. The van der Waals surface area contributed by atoms with Crippen molar-refractivity contribution in [3.05, 3.63) is 42.4 Å². The number of carbonyl (C=O) groups excluding carboxylic acids is 1. The van der Waals surface area contributed by atoms with E-state index in [2.05, 4.69) is 21.9 Å². The molecule has 2 aliphatic rings. The van der Waals surface area contributed by atoms with Crippen molar-refractivity contribution in [1.29, 1.82) is 0 Å². The van der Waals surface area contributed by atoms with Gasteiger partial charge in [-0.2, -0.15) is 5.10 Å². The average Bonchev–Trinajstić information content (AvgIpc) is 3.34. The van der Waals surface area contributed by atoms with Crippen molar-refractivity contribution in [3.8, 4) is 0 Å². The molecule has 1 amide bonds. The molecule has 6 heteroatoms. The summed E-state index contributed by atoms with van der Waals surface area (Å²) in [6.07, 6.45) is 10.1. The summed E-state index contributed by atoms with van der Waals surface area (Å²) in [5.41, 5.74) is 0.700. The van der Waals surface area contributed by atoms with Gasteiger partial charge in [0.05, 0.1) is 5.56 Å². The van der Waals surface area contributed by atoms with Gasteiger partial charge < -0.3 is 9.80 Å². The highest BCUT2D eigenvalue weighted by atomic mass is 16.2. The van der Waals surface area contributed by atoms with Crippen LogP contribution in [0.5, 0.6) is 0 Å². The number of amides is 1. The van der Waals surface area contributed by atoms with Gasteiger partial charge in [0.1, 0.15) is 5.82 Å². The van der Waals surface area contributed by atoms with E-state index in [1.807, 2.05) is 40.2 Å². The molecular weight excluding hydrogens is 326 g/mol. The van der Waals surface area contributed by atoms with Crippen molar-refractivity contribution in [2.75, 3.05) is 24.5 Å². The molecule has 0 aliphatic carbocycles. The van der Waals surface area contributed by atoms with Gasteiger partial charge in [0, 0.05) is 50.8 Å². The van der Waals surface area contributed by atoms with Crippen molar-refractivity contribution in [2.24, 2.45) is 5.92 Å². The van der Waals surface area contributed by atoms with E-state index in [1.54, 1.807) is 6.20 Å². The minimum Gasteiger partial charge on any atom is -0.354 e. The highest BCUT2D eigenvalue weighted by Crippen LogP contribution is 2.24. The van der Waals surface area contributed by atoms with Gasteiger partial charge in [-0.05, 0) is 56.7 Å². The highest BCUT2D eigenvalue weighted by Gasteiger charge is 2.25. The normalized spacial score (nSPS) is 21.3. The first-order valence-electron chi connectivity index (χ1n) is 9.70. The fourth-order valence-corrected chi connectivity index (χ4v) is 4.13. The molecule has 2 saturated heterocycles. The van der Waals surface area contributed by atoms with Crippen LogP contribution in [0.1, 0.15) is 43.0 Å². The maximum atomic E-state index is 12.8. The number of anilines is 1. The van der Waals surface area contributed by atoms with Gasteiger partial charge in [-0.1, -0.05) is 0 Å². The Bertz CT molecular complexity index is 719. The molecule has 26 heavy (non-hydrogen) atoms. The molecule has 2 aromatic rings. The molecule has 2 fully saturated rings. The van der Waals surface area contributed by atoms with Crippen LogP contribution in [0, 0.1) is 5.92 Å². The molecule has 0 aromatic carbocycles. The molecule has 4 rings (SSSR count). The van der Waals surface area contributed by atoms with Gasteiger partial charge in [-0.3, -0.25) is 9.48 Å². The third-order valence-electron chi connectivity index (χ3n) is 5.75. The third kappa shape index (κ3) is 3.59. The predicted molar refractivity (Wildman–Crippen MR) is 101 cm³/mol. The molecule has 0 saturated carbocycles. The topological polar surface area (TPSA) is 54.3 Å². The number of aromatic nitrogens is 3. The average molecular weight is 353 g/mol. The lowest BCUT2D eigenvalue weighted by Crippen LogP contribution is -2.39. The molecule has 0 bridgehead atoms. The van der Waals surface area contributed by atoms with Gasteiger partial charge in [-0.25, -0.2) is 4.98 Å². The van der Waals surface area contributed by atoms with Gasteiger partial charge in [0.15, 0.2) is 0 Å². The first-order valence-corrected chi connectivity index (χ1v) is 9.70. The van der Waals surface area contributed by atoms with Gasteiger partial charge >= 0.3 is 0 Å². The smallest absolute Gasteiger partial charge is 0.255 e. The maximum absolute atomic E-state index is 12.8. The van der Waals surface area contributed by atoms with Gasteiger partial charge in [0.2, 0.25) is 0 Å². The number of rotatable bonds is 4. The monoisotopic (exact) mass is 353 g/mol. The number of piperidine rings is 1. The standard InChI is InChI=1S/C20H27N5O/c1-16-4-2-11-25(16)19-6-5-18(14-21-19)20(26)23-12-7-17(8-13-23)15-24-10-3-9-22-24/h3,5-6,9-10,14,16-17H,2,4,7-8,11-13,15H2,1H3/t16-/m1/s1. The van der Waals surface area contributed by atoms with E-state index >= 15 is 0 Å². The van der Waals surface area contributed by atoms with Crippen molar-refractivity contribution in [3.63, 3.8) is 0 Å². The van der Waals surface area contributed by atoms with Crippen LogP contribution in [0.4, 0.5) is 5.82 Å². The highest BCUT2D eigenvalue weighted by molar-refractivity contribution is 5.94. The fraction of sp³-hybridized carbons (Fsp3) is 0.550. The summed E-state index contributed by atoms with van der Waals surface area (Å²) in [6, 6.07) is 6.43. The van der Waals surface area contributed by atoms with E-state index in [0.29, 0.717) is 17.5 Å². The lowest BCUT2D eigenvalue weighted by molar-refractivity contribution is 0.0681. The lowest BCUT2D eigenvalue weighted by atomic mass is 9.96. The molecule has 0 spiro atoms. The summed E-state index contributed by atoms with van der Waals surface area (Å²) in [5.74, 6) is 1.69. The number of likely N-dealkylation sites (tertiary alicyclic amines) is 1. The molecule has 0 unspecified atom stereocenters. The maximum Gasteiger partial charge on any atom is 0.255 e. The number of carbonyl (C=O) groups is 1. The summed E-state index contributed by atoms with van der Waals surface area (Å²) in [7, 11) is 0. The second kappa shape index (κ2) is 7.48. The zero-order valence-corrected chi connectivity index (χ0v) is 15.4. The first kappa shape index (κ1) is 17.1. The number of pyridine rings is 1. The van der Waals surface area contributed by atoms with E-state index in [4.69, 9.17) is 0 Å². The molecule has 2 aliphatic heterocycles. The Labute approximate surface area is 154 Å². The lowest BCUT2D eigenvalue weighted by Gasteiger charge is -2.32. The Morgan fingerprint density at radius 3 is 2.65 bits per heavy atom. The Morgan fingerprint density at radius 2 is 2.04 bits per heavy atom. The van der Waals surface area contributed by atoms with Crippen LogP contribution in [0.25, 0.3) is 0 Å². The molecule has 0 N–H and O–H groups in total. The molecule has 0 radical (unpaired) electrons. The fourth-order valence-electron chi connectivity index (χ4n) is 4.13. The Hall–Kier alpha value is -2.37. The Morgan fingerprint density at radius 1 is 1.19 bits per heavy atom. The van der Waals surface area contributed by atoms with Gasteiger partial charge in [0.25, 0.3) is 5.91 Å². The van der Waals surface area contributed by atoms with Crippen LogP contribution in [-0.4, -0.2) is 51.2 Å². The predicted octanol–water partition coefficient (Wildman–Crippen LogP) is 2.82. The largest absolute Gasteiger partial charge is 0.354 e. The van der Waals surface area contributed by atoms with Crippen LogP contribution in [0.15, 0.2) is 36.8 Å². The summed E-state index contributed by atoms with van der Waals surface area (Å²) >= 11 is 0. The first-order chi connectivity index (χ1) is 12.7. The Balaban J connectivity index is 1.33. The minimum atomic E-state index is 0.107. The minimum absolute atomic E-state index is 0.107. The van der Waals surface area contributed by atoms with Crippen LogP contribution in [0.2, 0.25) is 0 Å². The molecule has 1 atom stereocenters. The van der Waals surface area contributed by atoms with Crippen molar-refractivity contribution >= 4 is 11.7 Å². The van der Waals surface area contributed by atoms with E-state index in [0.717, 1.165) is 44.8 Å². The van der Waals surface area contributed by atoms with Crippen molar-refractivity contribution in [1.82, 2.24) is 19.7 Å². The van der Waals surface area contributed by atoms with Crippen molar-refractivity contribution < 1.29 is 4.79 Å². The summed E-state index contributed by atoms with van der Waals surface area (Å²) in [5, 5.41) is 4.28. The quantitative estimate of drug-likeness (QED) is 0.848. The van der Waals surface area contributed by atoms with E-state index in [-0.39, 0.29) is 5.91 Å². The summed E-state index contributed by atoms with van der Waals surface area (Å²) in [6.45, 7) is 5.87. The van der Waals surface area contributed by atoms with Crippen molar-refractivity contribution in [2.45, 2.75) is 45.2 Å². The zero-order chi connectivity index (χ0) is 17.9. The number of hydrogen-bond donors (Lipinski definition) is 0. The summed E-state index contributed by atoms with van der Waals surface area (Å²) in [4.78, 5) is 21.6. The summed E-state index contributed by atoms with van der Waals surface area (Å²) < 4.78 is 1.99. The van der Waals surface area contributed by atoms with Crippen LogP contribution >= 0.6 is 0 Å². The van der Waals surface area contributed by atoms with Crippen LogP contribution in [-0.2, 0) is 6.54 Å². The zero-order valence-electron chi connectivity index (χ0n) is 15.4. The number of nitrogens with zero attached hydrogens (tertiary/aromatic N) is 5. The molecule has 6 nitrogen and oxygen atoms in total. The van der Waals surface area contributed by atoms with Gasteiger partial charge in [-0.15, -0.1) is 0 Å². The number of hydrogen-bond acceptors (Lipinski definition) is 4. The third-order valence-corrected chi connectivity index (χ3v) is 5.75. The second-order valence-electron chi connectivity index (χ2n) is 7.55. The SMILES string of the molecule is C[C@@H]1CCCN1c1ccc(C(=O)N2CCC(Cn3cccn3)CC2)cn1. The molecule has 4 heterocycles. The van der Waals surface area contributed by atoms with E-state index < -0.39 is 0 Å². The molecule has 2 aromatic heterocycles. The van der Waals surface area contributed by atoms with E-state index in [1.165, 1.54) is 12.8 Å². The molecular formula is C20H27N5O. The van der Waals surface area contributed by atoms with Crippen LogP contribution < -0.4 is 4.90 Å². The van der Waals surface area contributed by atoms with Crippen LogP contribution in [0.3, 0.4) is 0 Å².